The quantitative estimate of drug-likeness (QED) is 0.586. The minimum absolute atomic E-state index is 0.0659. The first kappa shape index (κ1) is 14.2. The molecule has 0 rings (SSSR count). The highest BCUT2D eigenvalue weighted by Crippen LogP contribution is 2.25. The molecule has 0 saturated carbocycles. The van der Waals surface area contributed by atoms with Gasteiger partial charge in [-0.3, -0.25) is 4.99 Å². The van der Waals surface area contributed by atoms with Gasteiger partial charge in [-0.1, -0.05) is 48.1 Å². The number of aliphatic imine (C=N–C) groups is 1. The molecule has 0 unspecified atom stereocenters. The van der Waals surface area contributed by atoms with Gasteiger partial charge in [0.25, 0.3) is 0 Å². The minimum atomic E-state index is 0.0659. The summed E-state index contributed by atoms with van der Waals surface area (Å²) in [5, 5.41) is 0. The molecule has 0 aromatic heterocycles. The summed E-state index contributed by atoms with van der Waals surface area (Å²) in [5.74, 6) is 0. The van der Waals surface area contributed by atoms with Gasteiger partial charge in [-0.05, 0) is 24.0 Å². The summed E-state index contributed by atoms with van der Waals surface area (Å²) in [6, 6.07) is 0. The van der Waals surface area contributed by atoms with Gasteiger partial charge in [-0.25, -0.2) is 0 Å². The molecule has 0 spiro atoms. The van der Waals surface area contributed by atoms with E-state index in [1.807, 2.05) is 12.3 Å². The lowest BCUT2D eigenvalue weighted by Gasteiger charge is -2.20. The number of nitrogens with zero attached hydrogens (tertiary/aromatic N) is 1. The molecule has 0 aliphatic carbocycles. The van der Waals surface area contributed by atoms with Crippen molar-refractivity contribution >= 4 is 5.71 Å². The summed E-state index contributed by atoms with van der Waals surface area (Å²) in [5.41, 5.74) is 2.57. The third kappa shape index (κ3) is 4.96. The van der Waals surface area contributed by atoms with E-state index in [9.17, 15) is 0 Å². The van der Waals surface area contributed by atoms with E-state index in [2.05, 4.69) is 60.0 Å². The fourth-order valence-electron chi connectivity index (χ4n) is 0.913. The van der Waals surface area contributed by atoms with Crippen molar-refractivity contribution in [3.63, 3.8) is 0 Å². The Morgan fingerprint density at radius 1 is 1.00 bits per heavy atom. The van der Waals surface area contributed by atoms with Gasteiger partial charge in [0.05, 0.1) is 0 Å². The molecule has 15 heavy (non-hydrogen) atoms. The molecule has 0 heterocycles. The third-order valence-corrected chi connectivity index (χ3v) is 2.54. The van der Waals surface area contributed by atoms with Crippen molar-refractivity contribution in [2.45, 2.75) is 48.5 Å². The number of hydrogen-bond donors (Lipinski definition) is 0. The third-order valence-electron chi connectivity index (χ3n) is 2.54. The van der Waals surface area contributed by atoms with E-state index >= 15 is 0 Å². The van der Waals surface area contributed by atoms with Crippen LogP contribution in [0.4, 0.5) is 0 Å². The van der Waals surface area contributed by atoms with Crippen molar-refractivity contribution in [1.29, 1.82) is 0 Å². The summed E-state index contributed by atoms with van der Waals surface area (Å²) in [6.45, 7) is 18.9. The lowest BCUT2D eigenvalue weighted by Crippen LogP contribution is -2.17. The smallest absolute Gasteiger partial charge is 0.0451 e. The van der Waals surface area contributed by atoms with Crippen molar-refractivity contribution in [3.8, 4) is 0 Å². The van der Waals surface area contributed by atoms with E-state index in [1.165, 1.54) is 5.57 Å². The normalized spacial score (nSPS) is 15.4. The van der Waals surface area contributed by atoms with Crippen molar-refractivity contribution in [3.05, 3.63) is 24.4 Å². The monoisotopic (exact) mass is 207 g/mol. The first-order valence-electron chi connectivity index (χ1n) is 5.47. The molecule has 86 valence electrons. The molecule has 0 aromatic rings. The zero-order chi connectivity index (χ0) is 12.3. The topological polar surface area (TPSA) is 12.4 Å². The molecular formula is C14H25N. The Morgan fingerprint density at radius 3 is 1.73 bits per heavy atom. The van der Waals surface area contributed by atoms with Crippen LogP contribution in [-0.2, 0) is 0 Å². The molecule has 1 nitrogen and oxygen atoms in total. The van der Waals surface area contributed by atoms with E-state index in [1.54, 1.807) is 0 Å². The predicted octanol–water partition coefficient (Wildman–Crippen LogP) is 4.61. The van der Waals surface area contributed by atoms with Gasteiger partial charge < -0.3 is 0 Å². The van der Waals surface area contributed by atoms with E-state index in [-0.39, 0.29) is 10.8 Å². The summed E-state index contributed by atoms with van der Waals surface area (Å²) in [6.07, 6.45) is 3.80. The van der Waals surface area contributed by atoms with Gasteiger partial charge in [0.2, 0.25) is 0 Å². The van der Waals surface area contributed by atoms with E-state index in [0.717, 1.165) is 5.71 Å². The first-order valence-corrected chi connectivity index (χ1v) is 5.47. The van der Waals surface area contributed by atoms with E-state index < -0.39 is 0 Å². The number of rotatable bonds is 2. The Bertz CT molecular complexity index is 279. The van der Waals surface area contributed by atoms with Crippen LogP contribution in [0.5, 0.6) is 0 Å². The second-order valence-electron chi connectivity index (χ2n) is 6.03. The van der Waals surface area contributed by atoms with Crippen LogP contribution in [0.3, 0.4) is 0 Å². The van der Waals surface area contributed by atoms with Gasteiger partial charge in [-0.2, -0.15) is 0 Å². The van der Waals surface area contributed by atoms with Crippen LogP contribution >= 0.6 is 0 Å². The summed E-state index contributed by atoms with van der Waals surface area (Å²) in [7, 11) is 0. The fourth-order valence-corrected chi connectivity index (χ4v) is 0.913. The molecule has 0 radical (unpaired) electrons. The van der Waals surface area contributed by atoms with Gasteiger partial charge in [0.1, 0.15) is 0 Å². The highest BCUT2D eigenvalue weighted by Gasteiger charge is 2.16. The second-order valence-corrected chi connectivity index (χ2v) is 6.03. The Labute approximate surface area is 95.0 Å². The largest absolute Gasteiger partial charge is 0.261 e. The van der Waals surface area contributed by atoms with Crippen molar-refractivity contribution in [2.24, 2.45) is 15.8 Å². The second kappa shape index (κ2) is 4.78. The molecule has 0 amide bonds. The van der Waals surface area contributed by atoms with Crippen LogP contribution in [-0.4, -0.2) is 5.71 Å². The molecule has 0 bridgehead atoms. The van der Waals surface area contributed by atoms with Crippen LogP contribution in [0.25, 0.3) is 0 Å². The fraction of sp³-hybridized carbons (Fsp3) is 0.643. The Hall–Kier alpha value is -0.850. The molecule has 0 aliphatic heterocycles. The van der Waals surface area contributed by atoms with Gasteiger partial charge in [-0.15, -0.1) is 0 Å². The van der Waals surface area contributed by atoms with Crippen LogP contribution in [0, 0.1) is 10.8 Å². The van der Waals surface area contributed by atoms with Crippen molar-refractivity contribution in [1.82, 2.24) is 0 Å². The van der Waals surface area contributed by atoms with Crippen LogP contribution < -0.4 is 0 Å². The SMILES string of the molecule is C=CC(=N/C=C(\C)C(C)(C)C)C(C)(C)C. The molecular weight excluding hydrogens is 182 g/mol. The maximum absolute atomic E-state index is 4.52. The van der Waals surface area contributed by atoms with Gasteiger partial charge in [0.15, 0.2) is 0 Å². The zero-order valence-corrected chi connectivity index (χ0v) is 11.3. The molecule has 0 atom stereocenters. The highest BCUT2D eigenvalue weighted by molar-refractivity contribution is 5.98. The Morgan fingerprint density at radius 2 is 1.47 bits per heavy atom. The Kier molecular flexibility index (Phi) is 4.51. The Balaban J connectivity index is 4.99. The standard InChI is InChI=1S/C14H25N/c1-9-12(14(6,7)8)15-10-11(2)13(3,4)5/h9-10H,1H2,2-8H3/b11-10+,15-12?. The van der Waals surface area contributed by atoms with Crippen LogP contribution in [0.15, 0.2) is 29.4 Å². The van der Waals surface area contributed by atoms with Gasteiger partial charge in [0, 0.05) is 17.3 Å². The molecule has 0 saturated heterocycles. The molecule has 1 heteroatoms. The average Bonchev–Trinajstić information content (AvgIpc) is 2.00. The van der Waals surface area contributed by atoms with Crippen LogP contribution in [0.2, 0.25) is 0 Å². The van der Waals surface area contributed by atoms with E-state index in [4.69, 9.17) is 0 Å². The highest BCUT2D eigenvalue weighted by atomic mass is 14.7. The predicted molar refractivity (Wildman–Crippen MR) is 70.3 cm³/mol. The number of allylic oxidation sites excluding steroid dienone is 2. The minimum Gasteiger partial charge on any atom is -0.261 e. The lowest BCUT2D eigenvalue weighted by molar-refractivity contribution is 0.502. The van der Waals surface area contributed by atoms with Gasteiger partial charge >= 0.3 is 0 Å². The maximum atomic E-state index is 4.52. The molecule has 0 aliphatic rings. The maximum Gasteiger partial charge on any atom is 0.0451 e. The van der Waals surface area contributed by atoms with Crippen molar-refractivity contribution in [2.75, 3.05) is 0 Å². The molecule has 0 aromatic carbocycles. The number of hydrogen-bond acceptors (Lipinski definition) is 1. The first-order chi connectivity index (χ1) is 6.59. The summed E-state index contributed by atoms with van der Waals surface area (Å²) >= 11 is 0. The van der Waals surface area contributed by atoms with Crippen molar-refractivity contribution < 1.29 is 0 Å². The average molecular weight is 207 g/mol. The lowest BCUT2D eigenvalue weighted by atomic mass is 9.88. The molecule has 0 N–H and O–H groups in total. The van der Waals surface area contributed by atoms with E-state index in [0.29, 0.717) is 0 Å². The summed E-state index contributed by atoms with van der Waals surface area (Å²) < 4.78 is 0. The zero-order valence-electron chi connectivity index (χ0n) is 11.3. The van der Waals surface area contributed by atoms with Crippen LogP contribution in [0.1, 0.15) is 48.5 Å². The summed E-state index contributed by atoms with van der Waals surface area (Å²) in [4.78, 5) is 4.52. The molecule has 0 fully saturated rings.